The molecule has 0 radical (unpaired) electrons. The minimum Gasteiger partial charge on any atom is -0.480 e. The van der Waals surface area contributed by atoms with E-state index in [1.165, 1.54) is 6.20 Å². The van der Waals surface area contributed by atoms with Gasteiger partial charge in [0.05, 0.1) is 17.8 Å². The van der Waals surface area contributed by atoms with Gasteiger partial charge in [0.1, 0.15) is 11.4 Å². The van der Waals surface area contributed by atoms with Gasteiger partial charge in [-0.3, -0.25) is 9.48 Å². The second-order valence-corrected chi connectivity index (χ2v) is 6.74. The van der Waals surface area contributed by atoms with Crippen molar-refractivity contribution in [3.05, 3.63) is 12.4 Å². The molecule has 0 saturated carbocycles. The molecule has 1 fully saturated rings. The SMILES string of the molecule is CC1OCCC1(C)NS(=O)(=O)c1cnn(CC(=O)O)c1. The Kier molecular flexibility index (Phi) is 3.85. The number of carboxylic acids is 1. The molecule has 2 rings (SSSR count). The molecule has 2 heterocycles. The standard InChI is InChI=1S/C11H17N3O5S/c1-8-11(2,3-4-19-8)13-20(17,18)9-5-12-14(6-9)7-10(15)16/h5-6,8,13H,3-4,7H2,1-2H3,(H,15,16). The lowest BCUT2D eigenvalue weighted by molar-refractivity contribution is -0.137. The average Bonchev–Trinajstić information content (AvgIpc) is 2.87. The first kappa shape index (κ1) is 14.9. The maximum Gasteiger partial charge on any atom is 0.325 e. The molecule has 0 bridgehead atoms. The van der Waals surface area contributed by atoms with Crippen LogP contribution in [-0.2, 0) is 26.1 Å². The summed E-state index contributed by atoms with van der Waals surface area (Å²) in [5.41, 5.74) is -0.673. The summed E-state index contributed by atoms with van der Waals surface area (Å²) in [6.07, 6.45) is 2.68. The van der Waals surface area contributed by atoms with Crippen LogP contribution in [0.4, 0.5) is 0 Å². The Morgan fingerprint density at radius 3 is 2.95 bits per heavy atom. The zero-order valence-corrected chi connectivity index (χ0v) is 12.1. The Morgan fingerprint density at radius 1 is 1.70 bits per heavy atom. The number of aliphatic carboxylic acids is 1. The van der Waals surface area contributed by atoms with E-state index in [9.17, 15) is 13.2 Å². The summed E-state index contributed by atoms with van der Waals surface area (Å²) in [7, 11) is -3.76. The van der Waals surface area contributed by atoms with E-state index in [-0.39, 0.29) is 17.5 Å². The van der Waals surface area contributed by atoms with Crippen molar-refractivity contribution in [1.29, 1.82) is 0 Å². The summed E-state index contributed by atoms with van der Waals surface area (Å²) in [5, 5.41) is 12.4. The van der Waals surface area contributed by atoms with Crippen LogP contribution in [0.2, 0.25) is 0 Å². The fourth-order valence-electron chi connectivity index (χ4n) is 2.04. The van der Waals surface area contributed by atoms with Crippen molar-refractivity contribution >= 4 is 16.0 Å². The first-order chi connectivity index (χ1) is 9.23. The third-order valence-electron chi connectivity index (χ3n) is 3.47. The van der Waals surface area contributed by atoms with E-state index in [1.807, 2.05) is 6.92 Å². The lowest BCUT2D eigenvalue weighted by Crippen LogP contribution is -2.50. The predicted octanol–water partition coefficient (Wildman–Crippen LogP) is -0.186. The lowest BCUT2D eigenvalue weighted by atomic mass is 9.97. The van der Waals surface area contributed by atoms with Gasteiger partial charge in [0.15, 0.2) is 0 Å². The predicted molar refractivity (Wildman–Crippen MR) is 68.6 cm³/mol. The van der Waals surface area contributed by atoms with Gasteiger partial charge < -0.3 is 9.84 Å². The van der Waals surface area contributed by atoms with Crippen molar-refractivity contribution in [3.63, 3.8) is 0 Å². The molecule has 1 aromatic heterocycles. The van der Waals surface area contributed by atoms with Gasteiger partial charge in [-0.25, -0.2) is 13.1 Å². The Hall–Kier alpha value is -1.45. The van der Waals surface area contributed by atoms with Crippen molar-refractivity contribution in [1.82, 2.24) is 14.5 Å². The third-order valence-corrected chi connectivity index (χ3v) is 5.04. The Labute approximate surface area is 116 Å². The molecule has 1 saturated heterocycles. The second-order valence-electron chi connectivity index (χ2n) is 5.05. The van der Waals surface area contributed by atoms with Gasteiger partial charge in [0.2, 0.25) is 10.0 Å². The monoisotopic (exact) mass is 303 g/mol. The highest BCUT2D eigenvalue weighted by Gasteiger charge is 2.40. The molecule has 1 aromatic rings. The van der Waals surface area contributed by atoms with Gasteiger partial charge in [0.25, 0.3) is 0 Å². The summed E-state index contributed by atoms with van der Waals surface area (Å²) in [5.74, 6) is -1.09. The van der Waals surface area contributed by atoms with Crippen molar-refractivity contribution in [3.8, 4) is 0 Å². The van der Waals surface area contributed by atoms with Crippen molar-refractivity contribution in [2.75, 3.05) is 6.61 Å². The largest absolute Gasteiger partial charge is 0.480 e. The summed E-state index contributed by atoms with van der Waals surface area (Å²) in [6.45, 7) is 3.71. The van der Waals surface area contributed by atoms with E-state index >= 15 is 0 Å². The molecule has 0 spiro atoms. The Morgan fingerprint density at radius 2 is 2.40 bits per heavy atom. The fraction of sp³-hybridized carbons (Fsp3) is 0.636. The third kappa shape index (κ3) is 3.00. The lowest BCUT2D eigenvalue weighted by Gasteiger charge is -2.28. The smallest absolute Gasteiger partial charge is 0.325 e. The highest BCUT2D eigenvalue weighted by atomic mass is 32.2. The highest BCUT2D eigenvalue weighted by molar-refractivity contribution is 7.89. The molecule has 0 aliphatic carbocycles. The number of carboxylic acid groups (broad SMARTS) is 1. The van der Waals surface area contributed by atoms with Crippen LogP contribution < -0.4 is 4.72 Å². The minimum atomic E-state index is -3.76. The topological polar surface area (TPSA) is 111 Å². The highest BCUT2D eigenvalue weighted by Crippen LogP contribution is 2.27. The molecule has 2 unspecified atom stereocenters. The zero-order chi connectivity index (χ0) is 15.0. The van der Waals surface area contributed by atoms with Crippen LogP contribution in [0, 0.1) is 0 Å². The van der Waals surface area contributed by atoms with E-state index in [0.29, 0.717) is 13.0 Å². The van der Waals surface area contributed by atoms with Crippen molar-refractivity contribution < 1.29 is 23.1 Å². The van der Waals surface area contributed by atoms with Gasteiger partial charge in [-0.1, -0.05) is 0 Å². The molecule has 1 aliphatic heterocycles. The minimum absolute atomic E-state index is 0.0564. The number of rotatable bonds is 5. The van der Waals surface area contributed by atoms with Crippen LogP contribution in [0.3, 0.4) is 0 Å². The first-order valence-corrected chi connectivity index (χ1v) is 7.61. The van der Waals surface area contributed by atoms with Crippen LogP contribution in [0.5, 0.6) is 0 Å². The molecule has 1 aliphatic rings. The summed E-state index contributed by atoms with van der Waals surface area (Å²) < 4.78 is 33.6. The Bertz CT molecular complexity index is 611. The van der Waals surface area contributed by atoms with E-state index < -0.39 is 21.5 Å². The molecule has 9 heteroatoms. The number of nitrogens with zero attached hydrogens (tertiary/aromatic N) is 2. The summed E-state index contributed by atoms with van der Waals surface area (Å²) >= 11 is 0. The average molecular weight is 303 g/mol. The van der Waals surface area contributed by atoms with Crippen LogP contribution in [-0.4, -0.2) is 47.5 Å². The van der Waals surface area contributed by atoms with Gasteiger partial charge in [-0.2, -0.15) is 5.10 Å². The van der Waals surface area contributed by atoms with Crippen LogP contribution in [0.15, 0.2) is 17.3 Å². The number of carbonyl (C=O) groups is 1. The molecule has 2 atom stereocenters. The molecule has 0 aromatic carbocycles. The zero-order valence-electron chi connectivity index (χ0n) is 11.2. The maximum atomic E-state index is 12.3. The number of ether oxygens (including phenoxy) is 1. The summed E-state index contributed by atoms with van der Waals surface area (Å²) in [6, 6.07) is 0. The quantitative estimate of drug-likeness (QED) is 0.780. The van der Waals surface area contributed by atoms with E-state index in [0.717, 1.165) is 10.9 Å². The van der Waals surface area contributed by atoms with Gasteiger partial charge in [-0.05, 0) is 20.3 Å². The summed E-state index contributed by atoms with van der Waals surface area (Å²) in [4.78, 5) is 10.5. The van der Waals surface area contributed by atoms with Crippen LogP contribution in [0.1, 0.15) is 20.3 Å². The van der Waals surface area contributed by atoms with E-state index in [2.05, 4.69) is 9.82 Å². The molecule has 2 N–H and O–H groups in total. The van der Waals surface area contributed by atoms with Gasteiger partial charge in [-0.15, -0.1) is 0 Å². The second kappa shape index (κ2) is 5.15. The first-order valence-electron chi connectivity index (χ1n) is 6.13. The number of sulfonamides is 1. The van der Waals surface area contributed by atoms with Crippen molar-refractivity contribution in [2.24, 2.45) is 0 Å². The number of hydrogen-bond donors (Lipinski definition) is 2. The molecular weight excluding hydrogens is 286 g/mol. The molecule has 112 valence electrons. The molecular formula is C11H17N3O5S. The van der Waals surface area contributed by atoms with Crippen LogP contribution >= 0.6 is 0 Å². The molecule has 20 heavy (non-hydrogen) atoms. The normalized spacial score (nSPS) is 26.8. The van der Waals surface area contributed by atoms with Crippen LogP contribution in [0.25, 0.3) is 0 Å². The van der Waals surface area contributed by atoms with E-state index in [4.69, 9.17) is 9.84 Å². The van der Waals surface area contributed by atoms with Gasteiger partial charge >= 0.3 is 5.97 Å². The maximum absolute atomic E-state index is 12.3. The van der Waals surface area contributed by atoms with Crippen molar-refractivity contribution in [2.45, 2.75) is 43.4 Å². The molecule has 8 nitrogen and oxygen atoms in total. The van der Waals surface area contributed by atoms with Gasteiger partial charge in [0, 0.05) is 12.8 Å². The number of nitrogens with one attached hydrogen (secondary N) is 1. The number of hydrogen-bond acceptors (Lipinski definition) is 5. The number of aromatic nitrogens is 2. The fourth-order valence-corrected chi connectivity index (χ4v) is 3.49. The Balaban J connectivity index is 2.18. The van der Waals surface area contributed by atoms with E-state index in [1.54, 1.807) is 6.92 Å². The molecule has 0 amide bonds.